The molecule has 2 heteroatoms. The molecule has 0 aliphatic heterocycles. The molecule has 0 radical (unpaired) electrons. The van der Waals surface area contributed by atoms with Gasteiger partial charge in [0.15, 0.2) is 0 Å². The van der Waals surface area contributed by atoms with Crippen LogP contribution in [0, 0.1) is 0 Å². The van der Waals surface area contributed by atoms with E-state index < -0.39 is 0 Å². The summed E-state index contributed by atoms with van der Waals surface area (Å²) in [6.45, 7) is 0. The summed E-state index contributed by atoms with van der Waals surface area (Å²) < 4.78 is 0. The number of benzene rings is 2. The third kappa shape index (κ3) is 3.73. The number of nitrogens with two attached hydrogens (primary N) is 1. The lowest BCUT2D eigenvalue weighted by Crippen LogP contribution is -1.97. The van der Waals surface area contributed by atoms with Gasteiger partial charge in [-0.15, -0.1) is 11.6 Å². The lowest BCUT2D eigenvalue weighted by Gasteiger charge is -2.06. The molecular weight excluding hydrogens is 254 g/mol. The first kappa shape index (κ1) is 13.4. The Bertz CT molecular complexity index is 571. The van der Waals surface area contributed by atoms with E-state index in [-0.39, 0.29) is 0 Å². The van der Waals surface area contributed by atoms with Crippen LogP contribution in [-0.2, 0) is 0 Å². The van der Waals surface area contributed by atoms with E-state index in [1.54, 1.807) is 0 Å². The number of allylic oxidation sites excluding steroid dienone is 3. The van der Waals surface area contributed by atoms with E-state index in [4.69, 9.17) is 17.3 Å². The van der Waals surface area contributed by atoms with Crippen molar-refractivity contribution in [1.29, 1.82) is 0 Å². The van der Waals surface area contributed by atoms with Crippen molar-refractivity contribution in [2.24, 2.45) is 5.73 Å². The third-order valence-electron chi connectivity index (χ3n) is 2.82. The standard InChI is InChI=1S/C17H16ClN/c18-12-11-16(14-7-3-1-4-8-14)13-17(19)15-9-5-2-6-10-15/h1-11,13H,12,19H2/b16-11+,17-13-. The second-order valence-electron chi connectivity index (χ2n) is 4.15. The number of hydrogen-bond acceptors (Lipinski definition) is 1. The molecule has 19 heavy (non-hydrogen) atoms. The number of halogens is 1. The average molecular weight is 270 g/mol. The van der Waals surface area contributed by atoms with Crippen LogP contribution in [0.1, 0.15) is 11.1 Å². The second-order valence-corrected chi connectivity index (χ2v) is 4.45. The van der Waals surface area contributed by atoms with E-state index in [2.05, 4.69) is 0 Å². The molecule has 0 unspecified atom stereocenters. The van der Waals surface area contributed by atoms with Crippen LogP contribution in [0.25, 0.3) is 11.3 Å². The van der Waals surface area contributed by atoms with Gasteiger partial charge in [0.2, 0.25) is 0 Å². The highest BCUT2D eigenvalue weighted by Gasteiger charge is 2.00. The summed E-state index contributed by atoms with van der Waals surface area (Å²) in [6, 6.07) is 20.0. The molecule has 0 saturated heterocycles. The molecule has 0 spiro atoms. The maximum Gasteiger partial charge on any atom is 0.0413 e. The Hall–Kier alpha value is -1.99. The molecule has 0 amide bonds. The van der Waals surface area contributed by atoms with Gasteiger partial charge in [0, 0.05) is 11.6 Å². The van der Waals surface area contributed by atoms with Crippen LogP contribution >= 0.6 is 11.6 Å². The molecule has 0 heterocycles. The quantitative estimate of drug-likeness (QED) is 0.650. The Morgan fingerprint density at radius 1 is 0.895 bits per heavy atom. The third-order valence-corrected chi connectivity index (χ3v) is 2.98. The predicted molar refractivity (Wildman–Crippen MR) is 83.7 cm³/mol. The fourth-order valence-electron chi connectivity index (χ4n) is 1.86. The van der Waals surface area contributed by atoms with Crippen LogP contribution in [0.2, 0.25) is 0 Å². The Morgan fingerprint density at radius 3 is 1.95 bits per heavy atom. The maximum atomic E-state index is 6.14. The van der Waals surface area contributed by atoms with Gasteiger partial charge in [-0.1, -0.05) is 66.7 Å². The van der Waals surface area contributed by atoms with Crippen molar-refractivity contribution in [2.45, 2.75) is 0 Å². The molecule has 2 aromatic rings. The molecule has 0 aromatic heterocycles. The predicted octanol–water partition coefficient (Wildman–Crippen LogP) is 4.31. The number of hydrogen-bond donors (Lipinski definition) is 1. The molecule has 0 aliphatic rings. The summed E-state index contributed by atoms with van der Waals surface area (Å²) >= 11 is 5.83. The first-order valence-electron chi connectivity index (χ1n) is 6.15. The molecule has 1 nitrogen and oxygen atoms in total. The summed E-state index contributed by atoms with van der Waals surface area (Å²) in [5.74, 6) is 0.461. The fraction of sp³-hybridized carbons (Fsp3) is 0.0588. The summed E-state index contributed by atoms with van der Waals surface area (Å²) in [5, 5.41) is 0. The van der Waals surface area contributed by atoms with Gasteiger partial charge >= 0.3 is 0 Å². The van der Waals surface area contributed by atoms with Crippen LogP contribution in [-0.4, -0.2) is 5.88 Å². The van der Waals surface area contributed by atoms with Crippen molar-refractivity contribution in [3.05, 3.63) is 83.9 Å². The second kappa shape index (κ2) is 6.81. The monoisotopic (exact) mass is 269 g/mol. The van der Waals surface area contributed by atoms with Crippen molar-refractivity contribution in [3.8, 4) is 0 Å². The Labute approximate surface area is 119 Å². The largest absolute Gasteiger partial charge is 0.398 e. The topological polar surface area (TPSA) is 26.0 Å². The van der Waals surface area contributed by atoms with Gasteiger partial charge in [-0.25, -0.2) is 0 Å². The maximum absolute atomic E-state index is 6.14. The summed E-state index contributed by atoms with van der Waals surface area (Å²) in [5.41, 5.74) is 10.0. The fourth-order valence-corrected chi connectivity index (χ4v) is 2.02. The van der Waals surface area contributed by atoms with E-state index >= 15 is 0 Å². The van der Waals surface area contributed by atoms with E-state index in [1.807, 2.05) is 72.8 Å². The van der Waals surface area contributed by atoms with Gasteiger partial charge in [0.05, 0.1) is 0 Å². The van der Waals surface area contributed by atoms with Crippen LogP contribution < -0.4 is 5.73 Å². The van der Waals surface area contributed by atoms with E-state index in [0.717, 1.165) is 22.4 Å². The minimum absolute atomic E-state index is 0.461. The summed E-state index contributed by atoms with van der Waals surface area (Å²) in [7, 11) is 0. The Morgan fingerprint density at radius 2 is 1.42 bits per heavy atom. The van der Waals surface area contributed by atoms with E-state index in [1.165, 1.54) is 0 Å². The highest BCUT2D eigenvalue weighted by molar-refractivity contribution is 6.19. The molecule has 96 valence electrons. The lowest BCUT2D eigenvalue weighted by molar-refractivity contribution is 1.51. The molecule has 2 aromatic carbocycles. The van der Waals surface area contributed by atoms with Crippen molar-refractivity contribution in [3.63, 3.8) is 0 Å². The van der Waals surface area contributed by atoms with Crippen LogP contribution in [0.5, 0.6) is 0 Å². The molecular formula is C17H16ClN. The zero-order chi connectivity index (χ0) is 13.5. The first-order chi connectivity index (χ1) is 9.31. The molecule has 0 aliphatic carbocycles. The van der Waals surface area contributed by atoms with Crippen molar-refractivity contribution >= 4 is 22.9 Å². The van der Waals surface area contributed by atoms with Crippen molar-refractivity contribution in [2.75, 3.05) is 5.88 Å². The molecule has 0 saturated carbocycles. The van der Waals surface area contributed by atoms with Gasteiger partial charge in [-0.05, 0) is 22.8 Å². The molecule has 0 fully saturated rings. The van der Waals surface area contributed by atoms with Gasteiger partial charge in [-0.2, -0.15) is 0 Å². The number of alkyl halides is 1. The van der Waals surface area contributed by atoms with Crippen molar-refractivity contribution in [1.82, 2.24) is 0 Å². The van der Waals surface area contributed by atoms with Crippen LogP contribution in [0.3, 0.4) is 0 Å². The van der Waals surface area contributed by atoms with Crippen LogP contribution in [0.15, 0.2) is 72.8 Å². The highest BCUT2D eigenvalue weighted by Crippen LogP contribution is 2.20. The van der Waals surface area contributed by atoms with Crippen molar-refractivity contribution < 1.29 is 0 Å². The van der Waals surface area contributed by atoms with Gasteiger partial charge in [0.25, 0.3) is 0 Å². The summed E-state index contributed by atoms with van der Waals surface area (Å²) in [6.07, 6.45) is 3.93. The summed E-state index contributed by atoms with van der Waals surface area (Å²) in [4.78, 5) is 0. The van der Waals surface area contributed by atoms with Gasteiger partial charge < -0.3 is 5.73 Å². The molecule has 0 bridgehead atoms. The first-order valence-corrected chi connectivity index (χ1v) is 6.69. The zero-order valence-corrected chi connectivity index (χ0v) is 11.3. The smallest absolute Gasteiger partial charge is 0.0413 e. The minimum atomic E-state index is 0.461. The van der Waals surface area contributed by atoms with Gasteiger partial charge in [0.1, 0.15) is 0 Å². The normalized spacial score (nSPS) is 12.5. The van der Waals surface area contributed by atoms with Crippen LogP contribution in [0.4, 0.5) is 0 Å². The van der Waals surface area contributed by atoms with E-state index in [0.29, 0.717) is 5.88 Å². The Balaban J connectivity index is 2.35. The highest BCUT2D eigenvalue weighted by atomic mass is 35.5. The molecule has 2 rings (SSSR count). The lowest BCUT2D eigenvalue weighted by atomic mass is 10.0. The number of rotatable bonds is 4. The average Bonchev–Trinajstić information content (AvgIpc) is 2.48. The Kier molecular flexibility index (Phi) is 4.82. The minimum Gasteiger partial charge on any atom is -0.398 e. The molecule has 2 N–H and O–H groups in total. The van der Waals surface area contributed by atoms with E-state index in [9.17, 15) is 0 Å². The zero-order valence-electron chi connectivity index (χ0n) is 10.6. The molecule has 0 atom stereocenters. The van der Waals surface area contributed by atoms with Gasteiger partial charge in [-0.3, -0.25) is 0 Å². The SMILES string of the molecule is N/C(=C\C(=C/CCl)c1ccccc1)c1ccccc1.